The molecule has 1 aliphatic rings. The summed E-state index contributed by atoms with van der Waals surface area (Å²) in [5, 5.41) is 2.14. The van der Waals surface area contributed by atoms with Gasteiger partial charge in [0.2, 0.25) is 0 Å². The van der Waals surface area contributed by atoms with E-state index < -0.39 is 30.1 Å². The maximum absolute atomic E-state index is 13.4. The molecular formula is C19H17F2NO4. The van der Waals surface area contributed by atoms with Gasteiger partial charge in [-0.05, 0) is 54.7 Å². The number of rotatable bonds is 6. The Bertz CT molecular complexity index is 838. The average molecular weight is 361 g/mol. The van der Waals surface area contributed by atoms with Crippen LogP contribution >= 0.6 is 0 Å². The van der Waals surface area contributed by atoms with Crippen molar-refractivity contribution in [2.75, 3.05) is 18.5 Å². The van der Waals surface area contributed by atoms with Gasteiger partial charge in [-0.15, -0.1) is 0 Å². The Morgan fingerprint density at radius 3 is 2.65 bits per heavy atom. The molecule has 1 amide bonds. The van der Waals surface area contributed by atoms with Crippen LogP contribution in [0.4, 0.5) is 14.5 Å². The van der Waals surface area contributed by atoms with Gasteiger partial charge in [0.1, 0.15) is 17.4 Å². The summed E-state index contributed by atoms with van der Waals surface area (Å²) >= 11 is 0. The number of carbonyl (C=O) groups excluding carboxylic acids is 2. The Labute approximate surface area is 148 Å². The highest BCUT2D eigenvalue weighted by molar-refractivity contribution is 5.92. The van der Waals surface area contributed by atoms with E-state index >= 15 is 0 Å². The number of amides is 1. The number of halogens is 2. The van der Waals surface area contributed by atoms with Crippen molar-refractivity contribution in [2.45, 2.75) is 19.3 Å². The standard InChI is InChI=1S/C19H17F2NO4/c20-14-5-7-16(21)17(9-14)22-18(23)10-26-19(24)11-25-15-6-4-12-2-1-3-13(12)8-15/h4-9H,1-3,10-11H2,(H,22,23). The molecule has 0 spiro atoms. The summed E-state index contributed by atoms with van der Waals surface area (Å²) in [5.74, 6) is -2.43. The van der Waals surface area contributed by atoms with Gasteiger partial charge in [-0.2, -0.15) is 0 Å². The van der Waals surface area contributed by atoms with Gasteiger partial charge in [0.05, 0.1) is 5.69 Å². The van der Waals surface area contributed by atoms with Crippen LogP contribution < -0.4 is 10.1 Å². The first-order valence-corrected chi connectivity index (χ1v) is 8.16. The number of benzene rings is 2. The van der Waals surface area contributed by atoms with Gasteiger partial charge in [0, 0.05) is 6.07 Å². The summed E-state index contributed by atoms with van der Waals surface area (Å²) in [5.41, 5.74) is 2.19. The lowest BCUT2D eigenvalue weighted by Crippen LogP contribution is -2.24. The fourth-order valence-corrected chi connectivity index (χ4v) is 2.75. The van der Waals surface area contributed by atoms with E-state index in [4.69, 9.17) is 9.47 Å². The first kappa shape index (κ1) is 17.8. The molecule has 0 heterocycles. The quantitative estimate of drug-likeness (QED) is 0.804. The van der Waals surface area contributed by atoms with Crippen molar-refractivity contribution in [2.24, 2.45) is 0 Å². The van der Waals surface area contributed by atoms with Crippen LogP contribution in [0.2, 0.25) is 0 Å². The van der Waals surface area contributed by atoms with Gasteiger partial charge in [0.25, 0.3) is 5.91 Å². The van der Waals surface area contributed by atoms with Crippen LogP contribution in [0.15, 0.2) is 36.4 Å². The topological polar surface area (TPSA) is 64.6 Å². The molecule has 0 saturated carbocycles. The molecule has 0 atom stereocenters. The lowest BCUT2D eigenvalue weighted by molar-refractivity contribution is -0.149. The monoisotopic (exact) mass is 361 g/mol. The SMILES string of the molecule is O=C(COC(=O)COc1ccc2c(c1)CCC2)Nc1cc(F)ccc1F. The minimum absolute atomic E-state index is 0.319. The van der Waals surface area contributed by atoms with Gasteiger partial charge in [-0.3, -0.25) is 4.79 Å². The lowest BCUT2D eigenvalue weighted by Gasteiger charge is -2.09. The Kier molecular flexibility index (Phi) is 5.46. The van der Waals surface area contributed by atoms with E-state index in [1.54, 1.807) is 6.07 Å². The second-order valence-electron chi connectivity index (χ2n) is 5.91. The number of anilines is 1. The van der Waals surface area contributed by atoms with Crippen molar-refractivity contribution in [3.63, 3.8) is 0 Å². The van der Waals surface area contributed by atoms with Crippen LogP contribution in [-0.4, -0.2) is 25.1 Å². The molecule has 2 aromatic rings. The first-order chi connectivity index (χ1) is 12.5. The summed E-state index contributed by atoms with van der Waals surface area (Å²) in [6.45, 7) is -0.970. The van der Waals surface area contributed by atoms with Gasteiger partial charge >= 0.3 is 5.97 Å². The second-order valence-corrected chi connectivity index (χ2v) is 5.91. The molecule has 0 fully saturated rings. The average Bonchev–Trinajstić information content (AvgIpc) is 3.09. The molecule has 136 valence electrons. The molecule has 1 N–H and O–H groups in total. The second kappa shape index (κ2) is 7.95. The maximum atomic E-state index is 13.4. The largest absolute Gasteiger partial charge is 0.482 e. The predicted octanol–water partition coefficient (Wildman–Crippen LogP) is 3.01. The zero-order chi connectivity index (χ0) is 18.5. The number of fused-ring (bicyclic) bond motifs is 1. The highest BCUT2D eigenvalue weighted by Gasteiger charge is 2.14. The molecule has 3 rings (SSSR count). The van der Waals surface area contributed by atoms with Crippen LogP contribution in [0.5, 0.6) is 5.75 Å². The number of ether oxygens (including phenoxy) is 2. The van der Waals surface area contributed by atoms with E-state index in [1.165, 1.54) is 11.1 Å². The Hall–Kier alpha value is -2.96. The summed E-state index contributed by atoms with van der Waals surface area (Å²) in [6.07, 6.45) is 3.16. The Morgan fingerprint density at radius 1 is 1.00 bits per heavy atom. The fourth-order valence-electron chi connectivity index (χ4n) is 2.75. The van der Waals surface area contributed by atoms with E-state index in [0.29, 0.717) is 5.75 Å². The summed E-state index contributed by atoms with van der Waals surface area (Å²) in [7, 11) is 0. The fraction of sp³-hybridized carbons (Fsp3) is 0.263. The van der Waals surface area contributed by atoms with Crippen molar-refractivity contribution >= 4 is 17.6 Å². The third-order valence-corrected chi connectivity index (χ3v) is 3.99. The lowest BCUT2D eigenvalue weighted by atomic mass is 10.1. The third kappa shape index (κ3) is 4.56. The molecule has 0 bridgehead atoms. The van der Waals surface area contributed by atoms with Gasteiger partial charge in [-0.25, -0.2) is 13.6 Å². The zero-order valence-corrected chi connectivity index (χ0v) is 13.9. The summed E-state index contributed by atoms with van der Waals surface area (Å²) in [6, 6.07) is 8.32. The molecule has 5 nitrogen and oxygen atoms in total. The smallest absolute Gasteiger partial charge is 0.344 e. The molecule has 1 aliphatic carbocycles. The van der Waals surface area contributed by atoms with Crippen molar-refractivity contribution in [1.82, 2.24) is 0 Å². The number of esters is 1. The zero-order valence-electron chi connectivity index (χ0n) is 13.9. The van der Waals surface area contributed by atoms with Crippen LogP contribution in [0.1, 0.15) is 17.5 Å². The molecule has 0 radical (unpaired) electrons. The van der Waals surface area contributed by atoms with Crippen LogP contribution in [0.25, 0.3) is 0 Å². The van der Waals surface area contributed by atoms with E-state index in [0.717, 1.165) is 37.5 Å². The summed E-state index contributed by atoms with van der Waals surface area (Å²) in [4.78, 5) is 23.3. The summed E-state index contributed by atoms with van der Waals surface area (Å²) < 4.78 is 36.6. The third-order valence-electron chi connectivity index (χ3n) is 3.99. The van der Waals surface area contributed by atoms with E-state index in [2.05, 4.69) is 5.32 Å². The molecule has 0 unspecified atom stereocenters. The molecule has 26 heavy (non-hydrogen) atoms. The molecule has 0 aliphatic heterocycles. The van der Waals surface area contributed by atoms with Crippen LogP contribution in [0.3, 0.4) is 0 Å². The number of nitrogens with one attached hydrogen (secondary N) is 1. The number of carbonyl (C=O) groups is 2. The molecule has 0 saturated heterocycles. The molecule has 7 heteroatoms. The Balaban J connectivity index is 1.43. The number of hydrogen-bond donors (Lipinski definition) is 1. The van der Waals surface area contributed by atoms with E-state index in [1.807, 2.05) is 12.1 Å². The highest BCUT2D eigenvalue weighted by atomic mass is 19.1. The maximum Gasteiger partial charge on any atom is 0.344 e. The van der Waals surface area contributed by atoms with E-state index in [9.17, 15) is 18.4 Å². The highest BCUT2D eigenvalue weighted by Crippen LogP contribution is 2.26. The molecule has 2 aromatic carbocycles. The first-order valence-electron chi connectivity index (χ1n) is 8.16. The van der Waals surface area contributed by atoms with Crippen molar-refractivity contribution in [3.8, 4) is 5.75 Å². The Morgan fingerprint density at radius 2 is 1.81 bits per heavy atom. The molecule has 0 aromatic heterocycles. The normalized spacial score (nSPS) is 12.4. The minimum Gasteiger partial charge on any atom is -0.482 e. The van der Waals surface area contributed by atoms with Crippen LogP contribution in [-0.2, 0) is 27.2 Å². The predicted molar refractivity (Wildman–Crippen MR) is 89.9 cm³/mol. The van der Waals surface area contributed by atoms with E-state index in [-0.39, 0.29) is 12.3 Å². The van der Waals surface area contributed by atoms with Gasteiger partial charge < -0.3 is 14.8 Å². The molecular weight excluding hydrogens is 344 g/mol. The van der Waals surface area contributed by atoms with Crippen LogP contribution in [0, 0.1) is 11.6 Å². The number of aryl methyl sites for hydroxylation is 2. The van der Waals surface area contributed by atoms with Crippen molar-refractivity contribution in [1.29, 1.82) is 0 Å². The van der Waals surface area contributed by atoms with Gasteiger partial charge in [-0.1, -0.05) is 6.07 Å². The minimum atomic E-state index is -0.786. The van der Waals surface area contributed by atoms with Gasteiger partial charge in [0.15, 0.2) is 13.2 Å². The van der Waals surface area contributed by atoms with Crippen molar-refractivity contribution < 1.29 is 27.8 Å². The van der Waals surface area contributed by atoms with Crippen molar-refractivity contribution in [3.05, 3.63) is 59.2 Å². The number of hydrogen-bond acceptors (Lipinski definition) is 4.